The quantitative estimate of drug-likeness (QED) is 0.0512. The number of aromatic hydroxyl groups is 1. The van der Waals surface area contributed by atoms with Crippen LogP contribution >= 0.6 is 0 Å². The number of imidazole rings is 1. The Balaban J connectivity index is 2.27. The zero-order chi connectivity index (χ0) is 31.2. The van der Waals surface area contributed by atoms with Crippen molar-refractivity contribution in [1.82, 2.24) is 25.9 Å². The van der Waals surface area contributed by atoms with Crippen LogP contribution in [0.15, 0.2) is 41.8 Å². The van der Waals surface area contributed by atoms with Crippen molar-refractivity contribution in [3.05, 3.63) is 48.0 Å². The number of aromatic amines is 1. The van der Waals surface area contributed by atoms with Gasteiger partial charge in [0.2, 0.25) is 17.7 Å². The molecule has 1 aromatic carbocycles. The van der Waals surface area contributed by atoms with E-state index in [1.165, 1.54) is 36.8 Å². The first kappa shape index (κ1) is 33.0. The number of rotatable bonds is 17. The van der Waals surface area contributed by atoms with Gasteiger partial charge in [-0.1, -0.05) is 12.1 Å². The third kappa shape index (κ3) is 11.5. The predicted octanol–water partition coefficient (Wildman–Crippen LogP) is -2.70. The van der Waals surface area contributed by atoms with Crippen molar-refractivity contribution in [2.75, 3.05) is 6.54 Å². The van der Waals surface area contributed by atoms with Gasteiger partial charge < -0.3 is 53.5 Å². The number of nitrogens with zero attached hydrogens (tertiary/aromatic N) is 2. The number of carbonyl (C=O) groups excluding carboxylic acids is 3. The summed E-state index contributed by atoms with van der Waals surface area (Å²) in [5, 5.41) is 35.5. The van der Waals surface area contributed by atoms with Crippen molar-refractivity contribution in [2.45, 2.75) is 56.3 Å². The van der Waals surface area contributed by atoms with E-state index in [0.29, 0.717) is 11.3 Å². The number of carboxylic acid groups (broad SMARTS) is 2. The van der Waals surface area contributed by atoms with Gasteiger partial charge in [-0.3, -0.25) is 24.2 Å². The topological polar surface area (TPSA) is 301 Å². The Morgan fingerprint density at radius 1 is 0.905 bits per heavy atom. The molecule has 3 amide bonds. The summed E-state index contributed by atoms with van der Waals surface area (Å²) < 4.78 is 0. The molecule has 4 atom stereocenters. The number of nitrogens with one attached hydrogen (secondary N) is 4. The third-order valence-corrected chi connectivity index (χ3v) is 5.91. The van der Waals surface area contributed by atoms with Gasteiger partial charge in [-0.2, -0.15) is 0 Å². The van der Waals surface area contributed by atoms with Crippen LogP contribution in [-0.2, 0) is 36.8 Å². The molecule has 42 heavy (non-hydrogen) atoms. The average Bonchev–Trinajstić information content (AvgIpc) is 3.43. The van der Waals surface area contributed by atoms with Gasteiger partial charge in [-0.15, -0.1) is 0 Å². The number of benzene rings is 1. The fraction of sp³-hybridized carbons (Fsp3) is 0.400. The zero-order valence-corrected chi connectivity index (χ0v) is 22.5. The van der Waals surface area contributed by atoms with E-state index >= 15 is 0 Å². The Morgan fingerprint density at radius 3 is 2.10 bits per heavy atom. The molecule has 0 aliphatic heterocycles. The lowest BCUT2D eigenvalue weighted by atomic mass is 10.0. The van der Waals surface area contributed by atoms with E-state index in [-0.39, 0.29) is 43.9 Å². The molecular weight excluding hydrogens is 554 g/mol. The molecule has 0 bridgehead atoms. The maximum absolute atomic E-state index is 13.4. The highest BCUT2D eigenvalue weighted by Crippen LogP contribution is 2.12. The summed E-state index contributed by atoms with van der Waals surface area (Å²) in [5.74, 6) is -5.44. The van der Waals surface area contributed by atoms with E-state index in [1.54, 1.807) is 0 Å². The van der Waals surface area contributed by atoms with E-state index in [2.05, 4.69) is 30.9 Å². The van der Waals surface area contributed by atoms with Crippen molar-refractivity contribution in [1.29, 1.82) is 0 Å². The SMILES string of the molecule is NC(N)=NCCCC(NC(=O)C(Cc1ccc(O)cc1)NC(=O)C(N)CC(=O)O)C(=O)NC(Cc1cnc[nH]1)C(=O)O. The number of carboxylic acids is 2. The number of amides is 3. The van der Waals surface area contributed by atoms with Crippen molar-refractivity contribution < 1.29 is 39.3 Å². The molecule has 1 aromatic heterocycles. The van der Waals surface area contributed by atoms with E-state index in [4.69, 9.17) is 22.3 Å². The minimum absolute atomic E-state index is 0.0108. The summed E-state index contributed by atoms with van der Waals surface area (Å²) in [6.07, 6.45) is 2.04. The standard InChI is InChI=1S/C25H35N9O8/c26-16(10-20(36)37)21(38)33-18(8-13-3-5-15(35)6-4-13)23(40)32-17(2-1-7-30-25(27)28)22(39)34-19(24(41)42)9-14-11-29-12-31-14/h3-6,11-12,16-19,35H,1-2,7-10,26H2,(H,29,31)(H,32,40)(H,33,38)(H,34,39)(H,36,37)(H,41,42)(H4,27,28,30). The van der Waals surface area contributed by atoms with Crippen LogP contribution < -0.4 is 33.2 Å². The Labute approximate surface area is 240 Å². The van der Waals surface area contributed by atoms with Crippen LogP contribution in [0.2, 0.25) is 0 Å². The Hall–Kier alpha value is -5.19. The van der Waals surface area contributed by atoms with Gasteiger partial charge in [0.25, 0.3) is 0 Å². The van der Waals surface area contributed by atoms with Crippen molar-refractivity contribution in [2.24, 2.45) is 22.2 Å². The second kappa shape index (κ2) is 16.2. The monoisotopic (exact) mass is 589 g/mol. The highest BCUT2D eigenvalue weighted by atomic mass is 16.4. The summed E-state index contributed by atoms with van der Waals surface area (Å²) in [6, 6.07) is 0.322. The first-order valence-corrected chi connectivity index (χ1v) is 12.8. The molecule has 0 saturated carbocycles. The molecule has 2 rings (SSSR count). The third-order valence-electron chi connectivity index (χ3n) is 5.91. The number of phenols is 1. The number of phenolic OH excluding ortho intramolecular Hbond substituents is 1. The normalized spacial score (nSPS) is 13.5. The van der Waals surface area contributed by atoms with E-state index in [9.17, 15) is 34.2 Å². The van der Waals surface area contributed by atoms with Crippen molar-refractivity contribution in [3.63, 3.8) is 0 Å². The summed E-state index contributed by atoms with van der Waals surface area (Å²) in [7, 11) is 0. The number of H-pyrrole nitrogens is 1. The number of aliphatic imine (C=N–C) groups is 1. The van der Waals surface area contributed by atoms with Crippen LogP contribution in [0, 0.1) is 0 Å². The smallest absolute Gasteiger partial charge is 0.326 e. The molecule has 1 heterocycles. The van der Waals surface area contributed by atoms with Gasteiger partial charge >= 0.3 is 11.9 Å². The van der Waals surface area contributed by atoms with Crippen LogP contribution in [0.5, 0.6) is 5.75 Å². The lowest BCUT2D eigenvalue weighted by Gasteiger charge is -2.25. The number of guanidine groups is 1. The molecule has 17 heteroatoms. The number of carbonyl (C=O) groups is 5. The average molecular weight is 590 g/mol. The molecule has 228 valence electrons. The summed E-state index contributed by atoms with van der Waals surface area (Å²) in [6.45, 7) is 0.107. The fourth-order valence-corrected chi connectivity index (χ4v) is 3.77. The predicted molar refractivity (Wildman–Crippen MR) is 148 cm³/mol. The lowest BCUT2D eigenvalue weighted by molar-refractivity contribution is -0.142. The summed E-state index contributed by atoms with van der Waals surface area (Å²) >= 11 is 0. The second-order valence-electron chi connectivity index (χ2n) is 9.33. The van der Waals surface area contributed by atoms with Crippen molar-refractivity contribution >= 4 is 35.6 Å². The van der Waals surface area contributed by atoms with Gasteiger partial charge in [0.05, 0.1) is 18.8 Å². The van der Waals surface area contributed by atoms with E-state index < -0.39 is 60.2 Å². The Bertz CT molecular complexity index is 1250. The van der Waals surface area contributed by atoms with Crippen LogP contribution in [0.1, 0.15) is 30.5 Å². The van der Waals surface area contributed by atoms with Crippen LogP contribution in [0.4, 0.5) is 0 Å². The molecule has 13 N–H and O–H groups in total. The fourth-order valence-electron chi connectivity index (χ4n) is 3.77. The van der Waals surface area contributed by atoms with E-state index in [1.807, 2.05) is 0 Å². The highest BCUT2D eigenvalue weighted by molar-refractivity contribution is 5.95. The number of hydrogen-bond donors (Lipinski definition) is 10. The second-order valence-corrected chi connectivity index (χ2v) is 9.33. The van der Waals surface area contributed by atoms with Crippen LogP contribution in [0.25, 0.3) is 0 Å². The molecule has 4 unspecified atom stereocenters. The lowest BCUT2D eigenvalue weighted by Crippen LogP contribution is -2.58. The maximum Gasteiger partial charge on any atom is 0.326 e. The Kier molecular flexibility index (Phi) is 12.7. The zero-order valence-electron chi connectivity index (χ0n) is 22.5. The van der Waals surface area contributed by atoms with Crippen LogP contribution in [-0.4, -0.2) is 91.6 Å². The minimum atomic E-state index is -1.46. The summed E-state index contributed by atoms with van der Waals surface area (Å²) in [5.41, 5.74) is 17.3. The minimum Gasteiger partial charge on any atom is -0.508 e. The van der Waals surface area contributed by atoms with E-state index in [0.717, 1.165) is 0 Å². The molecule has 17 nitrogen and oxygen atoms in total. The highest BCUT2D eigenvalue weighted by Gasteiger charge is 2.31. The Morgan fingerprint density at radius 2 is 1.52 bits per heavy atom. The molecule has 2 aromatic rings. The molecule has 0 spiro atoms. The number of nitrogens with two attached hydrogens (primary N) is 3. The number of aliphatic carboxylic acids is 2. The molecule has 0 radical (unpaired) electrons. The molecule has 0 fully saturated rings. The first-order chi connectivity index (χ1) is 19.8. The number of aromatic nitrogens is 2. The van der Waals surface area contributed by atoms with Gasteiger partial charge in [0, 0.05) is 31.3 Å². The van der Waals surface area contributed by atoms with Gasteiger partial charge in [0.1, 0.15) is 23.9 Å². The molecule has 0 saturated heterocycles. The van der Waals surface area contributed by atoms with Gasteiger partial charge in [-0.05, 0) is 30.5 Å². The van der Waals surface area contributed by atoms with Crippen LogP contribution in [0.3, 0.4) is 0 Å². The summed E-state index contributed by atoms with van der Waals surface area (Å²) in [4.78, 5) is 72.5. The first-order valence-electron chi connectivity index (χ1n) is 12.8. The van der Waals surface area contributed by atoms with Gasteiger partial charge in [0.15, 0.2) is 5.96 Å². The van der Waals surface area contributed by atoms with Crippen molar-refractivity contribution in [3.8, 4) is 5.75 Å². The molecular formula is C25H35N9O8. The van der Waals surface area contributed by atoms with Gasteiger partial charge in [-0.25, -0.2) is 9.78 Å². The molecule has 0 aliphatic carbocycles. The number of hydrogen-bond acceptors (Lipinski definition) is 9. The largest absolute Gasteiger partial charge is 0.508 e. The maximum atomic E-state index is 13.4. The molecule has 0 aliphatic rings.